The summed E-state index contributed by atoms with van der Waals surface area (Å²) in [6, 6.07) is 16.1. The molecule has 0 aliphatic carbocycles. The van der Waals surface area contributed by atoms with Crippen LogP contribution in [-0.2, 0) is 8.85 Å². The number of hydrogen-bond acceptors (Lipinski definition) is 6. The number of halogens is 6. The molecule has 0 unspecified atom stereocenters. The van der Waals surface area contributed by atoms with Crippen LogP contribution < -0.4 is 0 Å². The Hall–Kier alpha value is -3.48. The largest absolute Gasteiger partial charge is 0.493 e. The van der Waals surface area contributed by atoms with Crippen molar-refractivity contribution in [1.29, 1.82) is 0 Å². The second-order valence-electron chi connectivity index (χ2n) is 7.08. The summed E-state index contributed by atoms with van der Waals surface area (Å²) in [6.07, 6.45) is -7.72. The summed E-state index contributed by atoms with van der Waals surface area (Å²) < 4.78 is 90.7. The standard InChI is InChI=1S/C21H18F6N4O2Si/c22-20(23,24)18(30-28-14-16-8-3-1-4-9-16)32-34(12-7-13-34)33-19(21(25,26)27)31-29-15-17-10-5-2-6-11-17/h1-6,8-11,14-15H,7,12-13H2/b28-14+,29-15+,30-18+,31-19+. The third-order valence-electron chi connectivity index (χ3n) is 4.48. The van der Waals surface area contributed by atoms with Crippen molar-refractivity contribution in [2.45, 2.75) is 30.9 Å². The third kappa shape index (κ3) is 7.27. The fourth-order valence-corrected chi connectivity index (χ4v) is 5.09. The Balaban J connectivity index is 1.81. The van der Waals surface area contributed by atoms with E-state index in [2.05, 4.69) is 20.4 Å². The molecule has 34 heavy (non-hydrogen) atoms. The van der Waals surface area contributed by atoms with E-state index in [1.807, 2.05) is 0 Å². The molecule has 2 aromatic rings. The van der Waals surface area contributed by atoms with Gasteiger partial charge in [0, 0.05) is 12.1 Å². The summed E-state index contributed by atoms with van der Waals surface area (Å²) in [4.78, 5) is 0. The monoisotopic (exact) mass is 500 g/mol. The van der Waals surface area contributed by atoms with Gasteiger partial charge in [-0.05, 0) is 17.5 Å². The van der Waals surface area contributed by atoms with Crippen molar-refractivity contribution in [3.63, 3.8) is 0 Å². The first-order valence-electron chi connectivity index (χ1n) is 9.92. The van der Waals surface area contributed by atoms with E-state index >= 15 is 0 Å². The number of hydrogen-bond donors (Lipinski definition) is 0. The summed E-state index contributed by atoms with van der Waals surface area (Å²) in [5.41, 5.74) is 0.949. The van der Waals surface area contributed by atoms with Crippen molar-refractivity contribution in [1.82, 2.24) is 0 Å². The van der Waals surface area contributed by atoms with Crippen LogP contribution in [0.1, 0.15) is 17.5 Å². The molecule has 0 aromatic heterocycles. The predicted molar refractivity (Wildman–Crippen MR) is 117 cm³/mol. The SMILES string of the molecule is FC(F)(F)/C(=N\N=C\c1ccccc1)O[Si]1(O/C(=N/N=C/c2ccccc2)C(F)(F)F)CCC1. The highest BCUT2D eigenvalue weighted by atomic mass is 28.4. The maximum Gasteiger partial charge on any atom is 0.468 e. The first kappa shape index (κ1) is 25.1. The highest BCUT2D eigenvalue weighted by Crippen LogP contribution is 2.38. The van der Waals surface area contributed by atoms with E-state index in [-0.39, 0.29) is 12.1 Å². The third-order valence-corrected chi connectivity index (χ3v) is 7.84. The molecule has 1 aliphatic rings. The normalized spacial score (nSPS) is 17.1. The first-order chi connectivity index (χ1) is 16.1. The second-order valence-corrected chi connectivity index (χ2v) is 10.3. The van der Waals surface area contributed by atoms with Gasteiger partial charge in [0.25, 0.3) is 0 Å². The van der Waals surface area contributed by atoms with E-state index in [4.69, 9.17) is 8.85 Å². The van der Waals surface area contributed by atoms with Gasteiger partial charge in [0.2, 0.25) is 0 Å². The minimum Gasteiger partial charge on any atom is -0.493 e. The lowest BCUT2D eigenvalue weighted by molar-refractivity contribution is -0.0776. The van der Waals surface area contributed by atoms with Gasteiger partial charge in [-0.15, -0.1) is 10.2 Å². The number of alkyl halides is 6. The van der Waals surface area contributed by atoms with E-state index in [1.165, 1.54) is 0 Å². The molecule has 0 atom stereocenters. The highest BCUT2D eigenvalue weighted by molar-refractivity contribution is 6.73. The molecule has 0 N–H and O–H groups in total. The lowest BCUT2D eigenvalue weighted by atomic mass is 10.2. The molecule has 13 heteroatoms. The Morgan fingerprint density at radius 3 is 1.35 bits per heavy atom. The summed E-state index contributed by atoms with van der Waals surface area (Å²) in [5.74, 6) is -3.55. The lowest BCUT2D eigenvalue weighted by Crippen LogP contribution is -2.54. The minimum atomic E-state index is -5.09. The minimum absolute atomic E-state index is 0.109. The Bertz CT molecular complexity index is 985. The smallest absolute Gasteiger partial charge is 0.468 e. The van der Waals surface area contributed by atoms with Gasteiger partial charge in [0.15, 0.2) is 0 Å². The quantitative estimate of drug-likeness (QED) is 0.164. The fourth-order valence-electron chi connectivity index (χ4n) is 2.69. The summed E-state index contributed by atoms with van der Waals surface area (Å²) in [5, 5.41) is 12.9. The van der Waals surface area contributed by atoms with Crippen LogP contribution in [0.5, 0.6) is 0 Å². The molecule has 1 aliphatic heterocycles. The fraction of sp³-hybridized carbons (Fsp3) is 0.238. The average molecular weight is 500 g/mol. The van der Waals surface area contributed by atoms with Gasteiger partial charge in [-0.2, -0.15) is 36.5 Å². The van der Waals surface area contributed by atoms with Crippen molar-refractivity contribution >= 4 is 32.8 Å². The van der Waals surface area contributed by atoms with Crippen LogP contribution in [0.15, 0.2) is 81.1 Å². The molecule has 3 rings (SSSR count). The van der Waals surface area contributed by atoms with Crippen LogP contribution in [0.4, 0.5) is 26.3 Å². The molecule has 1 heterocycles. The Labute approximate surface area is 191 Å². The van der Waals surface area contributed by atoms with E-state index in [0.717, 1.165) is 12.4 Å². The van der Waals surface area contributed by atoms with Gasteiger partial charge >= 0.3 is 32.7 Å². The summed E-state index contributed by atoms with van der Waals surface area (Å²) in [6.45, 7) is 0. The van der Waals surface area contributed by atoms with E-state index < -0.39 is 32.7 Å². The van der Waals surface area contributed by atoms with Crippen molar-refractivity contribution in [3.8, 4) is 0 Å². The molecule has 0 spiro atoms. The molecule has 1 saturated heterocycles. The van der Waals surface area contributed by atoms with Gasteiger partial charge in [-0.3, -0.25) is 0 Å². The maximum absolute atomic E-state index is 13.5. The molecular formula is C21H18F6N4O2Si. The first-order valence-corrected chi connectivity index (χ1v) is 12.2. The Morgan fingerprint density at radius 1 is 0.676 bits per heavy atom. The summed E-state index contributed by atoms with van der Waals surface area (Å²) in [7, 11) is -4.00. The van der Waals surface area contributed by atoms with Gasteiger partial charge in [-0.25, -0.2) is 0 Å². The molecule has 1 fully saturated rings. The topological polar surface area (TPSA) is 67.9 Å². The molecule has 180 valence electrons. The van der Waals surface area contributed by atoms with Crippen LogP contribution in [0.3, 0.4) is 0 Å². The van der Waals surface area contributed by atoms with Crippen LogP contribution in [0.25, 0.3) is 0 Å². The lowest BCUT2D eigenvalue weighted by Gasteiger charge is -2.38. The molecule has 0 radical (unpaired) electrons. The molecular weight excluding hydrogens is 482 g/mol. The number of benzene rings is 2. The van der Waals surface area contributed by atoms with E-state index in [0.29, 0.717) is 17.5 Å². The zero-order chi connectivity index (χ0) is 24.7. The Morgan fingerprint density at radius 2 is 1.06 bits per heavy atom. The van der Waals surface area contributed by atoms with Crippen LogP contribution in [0, 0.1) is 0 Å². The summed E-state index contributed by atoms with van der Waals surface area (Å²) >= 11 is 0. The van der Waals surface area contributed by atoms with Crippen molar-refractivity contribution in [2.24, 2.45) is 20.4 Å². The van der Waals surface area contributed by atoms with E-state index in [1.54, 1.807) is 60.7 Å². The number of nitrogens with zero attached hydrogens (tertiary/aromatic N) is 4. The number of rotatable bonds is 6. The molecule has 0 bridgehead atoms. The van der Waals surface area contributed by atoms with Gasteiger partial charge in [0.1, 0.15) is 0 Å². The van der Waals surface area contributed by atoms with Gasteiger partial charge < -0.3 is 8.85 Å². The second kappa shape index (κ2) is 10.6. The average Bonchev–Trinajstić information content (AvgIpc) is 2.75. The Kier molecular flexibility index (Phi) is 7.86. The van der Waals surface area contributed by atoms with Crippen LogP contribution in [-0.4, -0.2) is 45.1 Å². The van der Waals surface area contributed by atoms with Crippen molar-refractivity contribution < 1.29 is 35.2 Å². The zero-order valence-electron chi connectivity index (χ0n) is 17.4. The molecule has 2 aromatic carbocycles. The molecule has 0 saturated carbocycles. The predicted octanol–water partition coefficient (Wildman–Crippen LogP) is 5.86. The molecule has 6 nitrogen and oxygen atoms in total. The van der Waals surface area contributed by atoms with Gasteiger partial charge in [-0.1, -0.05) is 60.7 Å². The van der Waals surface area contributed by atoms with Crippen LogP contribution in [0.2, 0.25) is 12.1 Å². The van der Waals surface area contributed by atoms with Crippen molar-refractivity contribution in [2.75, 3.05) is 0 Å². The zero-order valence-corrected chi connectivity index (χ0v) is 18.4. The van der Waals surface area contributed by atoms with Gasteiger partial charge in [0.05, 0.1) is 12.4 Å². The van der Waals surface area contributed by atoms with Crippen LogP contribution >= 0.6 is 0 Å². The maximum atomic E-state index is 13.5. The highest BCUT2D eigenvalue weighted by Gasteiger charge is 2.57. The van der Waals surface area contributed by atoms with E-state index in [9.17, 15) is 26.3 Å². The van der Waals surface area contributed by atoms with Crippen molar-refractivity contribution in [3.05, 3.63) is 71.8 Å². The molecule has 0 amide bonds.